The van der Waals surface area contributed by atoms with Crippen molar-refractivity contribution in [2.24, 2.45) is 0 Å². The van der Waals surface area contributed by atoms with Crippen LogP contribution in [0.5, 0.6) is 0 Å². The SMILES string of the molecule is O=C(/C=C\c1ccc(C(F)(F)F)cc1)Nc1cccc(CN2CCCC2=O)c1. The lowest BCUT2D eigenvalue weighted by molar-refractivity contribution is -0.137. The van der Waals surface area contributed by atoms with Crippen LogP contribution >= 0.6 is 0 Å². The van der Waals surface area contributed by atoms with E-state index in [4.69, 9.17) is 0 Å². The summed E-state index contributed by atoms with van der Waals surface area (Å²) in [6.07, 6.45) is -0.235. The van der Waals surface area contributed by atoms with Gasteiger partial charge in [0.15, 0.2) is 0 Å². The number of likely N-dealkylation sites (tertiary alicyclic amines) is 1. The van der Waals surface area contributed by atoms with E-state index in [0.29, 0.717) is 24.2 Å². The summed E-state index contributed by atoms with van der Waals surface area (Å²) >= 11 is 0. The van der Waals surface area contributed by atoms with Crippen LogP contribution in [-0.4, -0.2) is 23.3 Å². The number of halogens is 3. The van der Waals surface area contributed by atoms with Crippen LogP contribution in [0, 0.1) is 0 Å². The number of carbonyl (C=O) groups excluding carboxylic acids is 2. The first-order valence-electron chi connectivity index (χ1n) is 8.84. The summed E-state index contributed by atoms with van der Waals surface area (Å²) in [4.78, 5) is 25.6. The molecule has 28 heavy (non-hydrogen) atoms. The molecule has 1 heterocycles. The minimum Gasteiger partial charge on any atom is -0.338 e. The van der Waals surface area contributed by atoms with Gasteiger partial charge in [-0.1, -0.05) is 24.3 Å². The molecule has 0 radical (unpaired) electrons. The summed E-state index contributed by atoms with van der Waals surface area (Å²) < 4.78 is 37.7. The minimum atomic E-state index is -4.38. The van der Waals surface area contributed by atoms with E-state index >= 15 is 0 Å². The Kier molecular flexibility index (Phi) is 5.82. The number of hydrogen-bond donors (Lipinski definition) is 1. The quantitative estimate of drug-likeness (QED) is 0.768. The van der Waals surface area contributed by atoms with Crippen molar-refractivity contribution in [2.75, 3.05) is 11.9 Å². The summed E-state index contributed by atoms with van der Waals surface area (Å²) in [6, 6.07) is 11.8. The van der Waals surface area contributed by atoms with Crippen LogP contribution in [0.1, 0.15) is 29.5 Å². The molecule has 0 bridgehead atoms. The van der Waals surface area contributed by atoms with E-state index < -0.39 is 17.6 Å². The van der Waals surface area contributed by atoms with Crippen molar-refractivity contribution in [3.63, 3.8) is 0 Å². The number of alkyl halides is 3. The van der Waals surface area contributed by atoms with Crippen molar-refractivity contribution in [3.05, 3.63) is 71.3 Å². The molecule has 2 amide bonds. The fourth-order valence-electron chi connectivity index (χ4n) is 2.98. The van der Waals surface area contributed by atoms with Gasteiger partial charge in [0, 0.05) is 31.3 Å². The lowest BCUT2D eigenvalue weighted by Gasteiger charge is -2.16. The maximum Gasteiger partial charge on any atom is 0.416 e. The summed E-state index contributed by atoms with van der Waals surface area (Å²) in [7, 11) is 0. The van der Waals surface area contributed by atoms with Crippen LogP contribution in [-0.2, 0) is 22.3 Å². The highest BCUT2D eigenvalue weighted by Gasteiger charge is 2.29. The molecule has 1 saturated heterocycles. The van der Waals surface area contributed by atoms with E-state index in [2.05, 4.69) is 5.32 Å². The first-order valence-corrected chi connectivity index (χ1v) is 8.84. The van der Waals surface area contributed by atoms with Crippen molar-refractivity contribution in [1.82, 2.24) is 4.90 Å². The van der Waals surface area contributed by atoms with Crippen molar-refractivity contribution < 1.29 is 22.8 Å². The molecule has 1 fully saturated rings. The summed E-state index contributed by atoms with van der Waals surface area (Å²) in [6.45, 7) is 1.25. The number of hydrogen-bond acceptors (Lipinski definition) is 2. The third-order valence-electron chi connectivity index (χ3n) is 4.40. The van der Waals surface area contributed by atoms with Crippen molar-refractivity contribution in [2.45, 2.75) is 25.6 Å². The smallest absolute Gasteiger partial charge is 0.338 e. The molecule has 1 aliphatic heterocycles. The molecular weight excluding hydrogens is 369 g/mol. The lowest BCUT2D eigenvalue weighted by Crippen LogP contribution is -2.23. The number of rotatable bonds is 5. The number of benzene rings is 2. The Bertz CT molecular complexity index is 889. The van der Waals surface area contributed by atoms with E-state index in [1.807, 2.05) is 6.07 Å². The molecule has 1 aliphatic rings. The molecule has 7 heteroatoms. The van der Waals surface area contributed by atoms with E-state index in [9.17, 15) is 22.8 Å². The molecule has 2 aromatic rings. The summed E-state index contributed by atoms with van der Waals surface area (Å²) in [5, 5.41) is 2.72. The van der Waals surface area contributed by atoms with Gasteiger partial charge in [0.2, 0.25) is 11.8 Å². The average Bonchev–Trinajstić information content (AvgIpc) is 3.04. The Labute approximate surface area is 160 Å². The zero-order valence-electron chi connectivity index (χ0n) is 15.0. The van der Waals surface area contributed by atoms with Crippen molar-refractivity contribution >= 4 is 23.6 Å². The van der Waals surface area contributed by atoms with Crippen LogP contribution in [0.3, 0.4) is 0 Å². The molecule has 0 spiro atoms. The second kappa shape index (κ2) is 8.29. The second-order valence-electron chi connectivity index (χ2n) is 6.56. The minimum absolute atomic E-state index is 0.133. The molecule has 0 atom stereocenters. The summed E-state index contributed by atoms with van der Waals surface area (Å²) in [5.41, 5.74) is 1.26. The molecular formula is C21H19F3N2O2. The molecule has 4 nitrogen and oxygen atoms in total. The van der Waals surface area contributed by atoms with Crippen LogP contribution in [0.4, 0.5) is 18.9 Å². The van der Waals surface area contributed by atoms with Crippen LogP contribution in [0.2, 0.25) is 0 Å². The van der Waals surface area contributed by atoms with Crippen LogP contribution in [0.15, 0.2) is 54.6 Å². The first kappa shape index (κ1) is 19.7. The Morgan fingerprint density at radius 2 is 1.89 bits per heavy atom. The fraction of sp³-hybridized carbons (Fsp3) is 0.238. The maximum atomic E-state index is 12.6. The third-order valence-corrected chi connectivity index (χ3v) is 4.40. The van der Waals surface area contributed by atoms with Crippen molar-refractivity contribution in [1.29, 1.82) is 0 Å². The molecule has 1 N–H and O–H groups in total. The number of carbonyl (C=O) groups is 2. The zero-order valence-corrected chi connectivity index (χ0v) is 15.0. The number of nitrogens with zero attached hydrogens (tertiary/aromatic N) is 1. The fourth-order valence-corrected chi connectivity index (χ4v) is 2.98. The van der Waals surface area contributed by atoms with Gasteiger partial charge in [-0.05, 0) is 47.9 Å². The van der Waals surface area contributed by atoms with Gasteiger partial charge in [-0.2, -0.15) is 13.2 Å². The van der Waals surface area contributed by atoms with Gasteiger partial charge in [-0.25, -0.2) is 0 Å². The van der Waals surface area contributed by atoms with E-state index in [1.54, 1.807) is 23.1 Å². The lowest BCUT2D eigenvalue weighted by atomic mass is 10.1. The van der Waals surface area contributed by atoms with Gasteiger partial charge < -0.3 is 10.2 Å². The van der Waals surface area contributed by atoms with E-state index in [-0.39, 0.29) is 5.91 Å². The zero-order chi connectivity index (χ0) is 20.1. The average molecular weight is 388 g/mol. The highest BCUT2D eigenvalue weighted by molar-refractivity contribution is 6.01. The first-order chi connectivity index (χ1) is 13.3. The highest BCUT2D eigenvalue weighted by atomic mass is 19.4. The monoisotopic (exact) mass is 388 g/mol. The molecule has 146 valence electrons. The number of anilines is 1. The predicted octanol–water partition coefficient (Wildman–Crippen LogP) is 4.48. The Morgan fingerprint density at radius 1 is 1.14 bits per heavy atom. The van der Waals surface area contributed by atoms with Crippen LogP contribution < -0.4 is 5.32 Å². The molecule has 3 rings (SSSR count). The topological polar surface area (TPSA) is 49.4 Å². The molecule has 0 unspecified atom stereocenters. The van der Waals surface area contributed by atoms with E-state index in [1.165, 1.54) is 24.3 Å². The normalized spacial score (nSPS) is 14.7. The molecule has 0 saturated carbocycles. The number of amides is 2. The number of nitrogens with one attached hydrogen (secondary N) is 1. The van der Waals surface area contributed by atoms with Crippen molar-refractivity contribution in [3.8, 4) is 0 Å². The highest BCUT2D eigenvalue weighted by Crippen LogP contribution is 2.29. The third kappa shape index (κ3) is 5.22. The van der Waals surface area contributed by atoms with Gasteiger partial charge in [0.1, 0.15) is 0 Å². The Hall–Kier alpha value is -3.09. The van der Waals surface area contributed by atoms with Gasteiger partial charge in [-0.3, -0.25) is 9.59 Å². The Balaban J connectivity index is 1.59. The largest absolute Gasteiger partial charge is 0.416 e. The molecule has 0 aromatic heterocycles. The summed E-state index contributed by atoms with van der Waals surface area (Å²) in [5.74, 6) is -0.261. The van der Waals surface area contributed by atoms with E-state index in [0.717, 1.165) is 30.7 Å². The second-order valence-corrected chi connectivity index (χ2v) is 6.56. The Morgan fingerprint density at radius 3 is 2.54 bits per heavy atom. The van der Waals surface area contributed by atoms with Crippen LogP contribution in [0.25, 0.3) is 6.08 Å². The predicted molar refractivity (Wildman–Crippen MR) is 100 cm³/mol. The van der Waals surface area contributed by atoms with Gasteiger partial charge in [-0.15, -0.1) is 0 Å². The van der Waals surface area contributed by atoms with Gasteiger partial charge in [0.05, 0.1) is 5.56 Å². The molecule has 2 aromatic carbocycles. The molecule has 0 aliphatic carbocycles. The van der Waals surface area contributed by atoms with Gasteiger partial charge in [0.25, 0.3) is 0 Å². The van der Waals surface area contributed by atoms with Gasteiger partial charge >= 0.3 is 6.18 Å². The maximum absolute atomic E-state index is 12.6. The standard InChI is InChI=1S/C21H19F3N2O2/c22-21(23,24)17-9-6-15(7-10-17)8-11-19(27)25-18-4-1-3-16(13-18)14-26-12-2-5-20(26)28/h1,3-4,6-11,13H,2,5,12,14H2,(H,25,27)/b11-8-.